The van der Waals surface area contributed by atoms with Crippen molar-refractivity contribution >= 4 is 22.4 Å². The highest BCUT2D eigenvalue weighted by Gasteiger charge is 2.10. The third-order valence-corrected chi connectivity index (χ3v) is 3.15. The van der Waals surface area contributed by atoms with Crippen molar-refractivity contribution in [1.82, 2.24) is 14.5 Å². The maximum Gasteiger partial charge on any atom is 0.349 e. The Morgan fingerprint density at radius 1 is 1.59 bits per heavy atom. The molecule has 17 heavy (non-hydrogen) atoms. The van der Waals surface area contributed by atoms with Gasteiger partial charge in [0.2, 0.25) is 0 Å². The lowest BCUT2D eigenvalue weighted by molar-refractivity contribution is 0.0606. The maximum atomic E-state index is 11.2. The molecule has 0 unspecified atom stereocenters. The zero-order valence-corrected chi connectivity index (χ0v) is 10.3. The van der Waals surface area contributed by atoms with Crippen molar-refractivity contribution in [3.8, 4) is 0 Å². The smallest absolute Gasteiger partial charge is 0.349 e. The Labute approximate surface area is 102 Å². The van der Waals surface area contributed by atoms with Crippen molar-refractivity contribution in [2.24, 2.45) is 7.05 Å². The van der Waals surface area contributed by atoms with Crippen LogP contribution in [0.3, 0.4) is 0 Å². The number of methoxy groups -OCH3 is 1. The number of carbonyl (C=O) groups is 1. The van der Waals surface area contributed by atoms with Gasteiger partial charge in [0.1, 0.15) is 10.7 Å². The van der Waals surface area contributed by atoms with Crippen LogP contribution in [0.4, 0.5) is 5.13 Å². The van der Waals surface area contributed by atoms with E-state index < -0.39 is 0 Å². The van der Waals surface area contributed by atoms with E-state index in [0.29, 0.717) is 16.6 Å². The molecule has 0 aliphatic carbocycles. The highest BCUT2D eigenvalue weighted by molar-refractivity contribution is 7.17. The monoisotopic (exact) mass is 252 g/mol. The third-order valence-electron chi connectivity index (χ3n) is 2.21. The summed E-state index contributed by atoms with van der Waals surface area (Å²) >= 11 is 1.26. The molecule has 2 aromatic rings. The zero-order chi connectivity index (χ0) is 12.3. The molecule has 0 fully saturated rings. The molecule has 6 nitrogen and oxygen atoms in total. The molecule has 90 valence electrons. The first-order valence-electron chi connectivity index (χ1n) is 4.95. The van der Waals surface area contributed by atoms with Crippen LogP contribution in [0.15, 0.2) is 18.6 Å². The Balaban J connectivity index is 1.98. The lowest BCUT2D eigenvalue weighted by Gasteiger charge is -2.02. The fraction of sp³-hybridized carbons (Fsp3) is 0.300. The average molecular weight is 252 g/mol. The minimum absolute atomic E-state index is 0.368. The molecule has 0 spiro atoms. The van der Waals surface area contributed by atoms with E-state index in [4.69, 9.17) is 0 Å². The van der Waals surface area contributed by atoms with Crippen molar-refractivity contribution in [2.75, 3.05) is 12.4 Å². The van der Waals surface area contributed by atoms with Crippen molar-refractivity contribution in [2.45, 2.75) is 6.54 Å². The number of anilines is 1. The predicted molar refractivity (Wildman–Crippen MR) is 64.0 cm³/mol. The van der Waals surface area contributed by atoms with Gasteiger partial charge in [0, 0.05) is 19.4 Å². The number of aryl methyl sites for hydroxylation is 1. The molecular weight excluding hydrogens is 240 g/mol. The van der Waals surface area contributed by atoms with Crippen LogP contribution in [0.1, 0.15) is 15.5 Å². The minimum atomic E-state index is -0.368. The number of carbonyl (C=O) groups excluding carboxylic acids is 1. The number of rotatable bonds is 4. The number of hydrogen-bond acceptors (Lipinski definition) is 6. The number of nitrogens with zero attached hydrogens (tertiary/aromatic N) is 3. The quantitative estimate of drug-likeness (QED) is 0.830. The number of thiazole rings is 1. The van der Waals surface area contributed by atoms with E-state index in [9.17, 15) is 4.79 Å². The summed E-state index contributed by atoms with van der Waals surface area (Å²) in [5.41, 5.74) is 0. The number of ether oxygens (including phenoxy) is 1. The van der Waals surface area contributed by atoms with Crippen molar-refractivity contribution < 1.29 is 9.53 Å². The van der Waals surface area contributed by atoms with E-state index >= 15 is 0 Å². The van der Waals surface area contributed by atoms with Gasteiger partial charge in [-0.1, -0.05) is 11.3 Å². The van der Waals surface area contributed by atoms with Gasteiger partial charge in [0.25, 0.3) is 0 Å². The van der Waals surface area contributed by atoms with Crippen LogP contribution in [0.5, 0.6) is 0 Å². The van der Waals surface area contributed by atoms with Crippen LogP contribution in [0.2, 0.25) is 0 Å². The van der Waals surface area contributed by atoms with E-state index in [1.165, 1.54) is 24.6 Å². The van der Waals surface area contributed by atoms with Crippen molar-refractivity contribution in [3.63, 3.8) is 0 Å². The summed E-state index contributed by atoms with van der Waals surface area (Å²) in [6.45, 7) is 0.567. The van der Waals surface area contributed by atoms with Crippen molar-refractivity contribution in [3.05, 3.63) is 29.3 Å². The molecule has 1 N–H and O–H groups in total. The molecule has 2 rings (SSSR count). The number of aromatic nitrogens is 3. The number of imidazole rings is 1. The van der Waals surface area contributed by atoms with Crippen molar-refractivity contribution in [1.29, 1.82) is 0 Å². The normalized spacial score (nSPS) is 10.2. The number of nitrogens with one attached hydrogen (secondary N) is 1. The molecule has 2 heterocycles. The van der Waals surface area contributed by atoms with Gasteiger partial charge in [-0.3, -0.25) is 0 Å². The van der Waals surface area contributed by atoms with Crippen LogP contribution >= 0.6 is 11.3 Å². The van der Waals surface area contributed by atoms with Gasteiger partial charge in [0.15, 0.2) is 5.13 Å². The van der Waals surface area contributed by atoms with Gasteiger partial charge >= 0.3 is 5.97 Å². The summed E-state index contributed by atoms with van der Waals surface area (Å²) in [5.74, 6) is 0.535. The average Bonchev–Trinajstić information content (AvgIpc) is 2.94. The molecule has 0 aromatic carbocycles. The fourth-order valence-electron chi connectivity index (χ4n) is 1.27. The van der Waals surface area contributed by atoms with Crippen LogP contribution in [0.25, 0.3) is 0 Å². The molecular formula is C10H12N4O2S. The molecule has 0 saturated carbocycles. The van der Waals surface area contributed by atoms with Crippen LogP contribution in [-0.2, 0) is 18.3 Å². The largest absolute Gasteiger partial charge is 0.465 e. The molecule has 7 heteroatoms. The standard InChI is InChI=1S/C10H12N4O2S/c1-14-4-3-11-8(14)6-13-10-12-5-7(17-10)9(15)16-2/h3-5H,6H2,1-2H3,(H,12,13). The second-order valence-electron chi connectivity index (χ2n) is 3.33. The van der Waals surface area contributed by atoms with E-state index in [2.05, 4.69) is 20.0 Å². The Kier molecular flexibility index (Phi) is 3.38. The molecule has 0 aliphatic heterocycles. The Morgan fingerprint density at radius 3 is 3.06 bits per heavy atom. The van der Waals surface area contributed by atoms with E-state index in [1.54, 1.807) is 6.20 Å². The lowest BCUT2D eigenvalue weighted by atomic mass is 10.6. The first kappa shape index (κ1) is 11.6. The highest BCUT2D eigenvalue weighted by atomic mass is 32.1. The Bertz CT molecular complexity index is 520. The first-order chi connectivity index (χ1) is 8.20. The zero-order valence-electron chi connectivity index (χ0n) is 9.51. The molecule has 2 aromatic heterocycles. The molecule has 0 aliphatic rings. The van der Waals surface area contributed by atoms with Crippen LogP contribution in [0, 0.1) is 0 Å². The number of hydrogen-bond donors (Lipinski definition) is 1. The van der Waals surface area contributed by atoms with E-state index in [1.807, 2.05) is 17.8 Å². The SMILES string of the molecule is COC(=O)c1cnc(NCc2nccn2C)s1. The molecule has 0 saturated heterocycles. The summed E-state index contributed by atoms with van der Waals surface area (Å²) in [4.78, 5) is 20.0. The Hall–Kier alpha value is -1.89. The second-order valence-corrected chi connectivity index (χ2v) is 4.36. The van der Waals surface area contributed by atoms with Crippen LogP contribution in [-0.4, -0.2) is 27.6 Å². The van der Waals surface area contributed by atoms with E-state index in [0.717, 1.165) is 5.82 Å². The molecule has 0 bridgehead atoms. The maximum absolute atomic E-state index is 11.2. The van der Waals surface area contributed by atoms with Gasteiger partial charge < -0.3 is 14.6 Å². The summed E-state index contributed by atoms with van der Waals surface area (Å²) in [7, 11) is 3.27. The van der Waals surface area contributed by atoms with Gasteiger partial charge in [-0.2, -0.15) is 0 Å². The second kappa shape index (κ2) is 4.96. The number of esters is 1. The lowest BCUT2D eigenvalue weighted by Crippen LogP contribution is -2.05. The van der Waals surface area contributed by atoms with Gasteiger partial charge in [-0.25, -0.2) is 14.8 Å². The minimum Gasteiger partial charge on any atom is -0.465 e. The predicted octanol–water partition coefficient (Wildman–Crippen LogP) is 1.28. The summed E-state index contributed by atoms with van der Waals surface area (Å²) in [6.07, 6.45) is 5.11. The molecule has 0 amide bonds. The Morgan fingerprint density at radius 2 is 2.41 bits per heavy atom. The summed E-state index contributed by atoms with van der Waals surface area (Å²) < 4.78 is 6.52. The highest BCUT2D eigenvalue weighted by Crippen LogP contribution is 2.19. The van der Waals surface area contributed by atoms with Gasteiger partial charge in [-0.15, -0.1) is 0 Å². The topological polar surface area (TPSA) is 69.0 Å². The van der Waals surface area contributed by atoms with Gasteiger partial charge in [-0.05, 0) is 0 Å². The van der Waals surface area contributed by atoms with Gasteiger partial charge in [0.05, 0.1) is 19.9 Å². The fourth-order valence-corrected chi connectivity index (χ4v) is 2.00. The summed E-state index contributed by atoms with van der Waals surface area (Å²) in [5, 5.41) is 3.78. The first-order valence-corrected chi connectivity index (χ1v) is 5.76. The molecule has 0 radical (unpaired) electrons. The molecule has 0 atom stereocenters. The van der Waals surface area contributed by atoms with E-state index in [-0.39, 0.29) is 5.97 Å². The third kappa shape index (κ3) is 2.62. The van der Waals surface area contributed by atoms with Crippen LogP contribution < -0.4 is 5.32 Å². The summed E-state index contributed by atoms with van der Waals surface area (Å²) in [6, 6.07) is 0.